The molecule has 8 heteroatoms. The summed E-state index contributed by atoms with van der Waals surface area (Å²) in [7, 11) is -0.746. The van der Waals surface area contributed by atoms with E-state index in [1.165, 1.54) is 13.0 Å². The van der Waals surface area contributed by atoms with Crippen LogP contribution in [0.5, 0.6) is 0 Å². The number of carbonyl (C=O) groups is 1. The smallest absolute Gasteiger partial charge is 0.400 e. The van der Waals surface area contributed by atoms with E-state index in [1.807, 2.05) is 27.7 Å². The molecule has 0 radical (unpaired) electrons. The molecule has 4 nitrogen and oxygen atoms in total. The van der Waals surface area contributed by atoms with Gasteiger partial charge in [-0.3, -0.25) is 4.79 Å². The zero-order valence-electron chi connectivity index (χ0n) is 15.5. The molecule has 1 amide bonds. The zero-order valence-corrected chi connectivity index (χ0v) is 15.5. The Labute approximate surface area is 151 Å². The van der Waals surface area contributed by atoms with Crippen LogP contribution in [0.15, 0.2) is 23.7 Å². The largest absolute Gasteiger partial charge is 0.492 e. The molecule has 0 aliphatic carbocycles. The van der Waals surface area contributed by atoms with Gasteiger partial charge in [-0.05, 0) is 50.9 Å². The highest BCUT2D eigenvalue weighted by Gasteiger charge is 2.52. The van der Waals surface area contributed by atoms with E-state index in [9.17, 15) is 18.0 Å². The molecular formula is C18H23BF3NO3. The zero-order chi connectivity index (χ0) is 19.7. The van der Waals surface area contributed by atoms with Crippen LogP contribution >= 0.6 is 0 Å². The third-order valence-corrected chi connectivity index (χ3v) is 4.71. The van der Waals surface area contributed by atoms with E-state index in [4.69, 9.17) is 9.31 Å². The summed E-state index contributed by atoms with van der Waals surface area (Å²) in [5.41, 5.74) is -0.888. The van der Waals surface area contributed by atoms with Crippen LogP contribution < -0.4 is 5.32 Å². The summed E-state index contributed by atoms with van der Waals surface area (Å²) in [6.07, 6.45) is -1.30. The molecule has 0 saturated carbocycles. The number of amides is 1. The molecule has 142 valence electrons. The third-order valence-electron chi connectivity index (χ3n) is 4.71. The molecule has 0 atom stereocenters. The normalized spacial score (nSPS) is 19.1. The van der Waals surface area contributed by atoms with Crippen LogP contribution in [-0.4, -0.2) is 30.8 Å². The number of carbonyl (C=O) groups excluding carboxylic acids is 1. The summed E-state index contributed by atoms with van der Waals surface area (Å²) in [6, 6.07) is 3.47. The SMILES string of the molecule is CC(=O)NCC(=Cc1ccc(C(F)F)c(F)c1)B1OC(C)(C)C(C)(C)O1. The average Bonchev–Trinajstić information content (AvgIpc) is 2.71. The minimum atomic E-state index is -2.88. The van der Waals surface area contributed by atoms with Crippen LogP contribution in [0.4, 0.5) is 13.2 Å². The van der Waals surface area contributed by atoms with E-state index in [0.29, 0.717) is 11.0 Å². The first-order chi connectivity index (χ1) is 11.9. The van der Waals surface area contributed by atoms with Crippen LogP contribution in [0.2, 0.25) is 0 Å². The number of rotatable bonds is 5. The molecule has 0 aromatic heterocycles. The van der Waals surface area contributed by atoms with Gasteiger partial charge in [-0.1, -0.05) is 12.1 Å². The van der Waals surface area contributed by atoms with Crippen molar-refractivity contribution in [2.75, 3.05) is 6.54 Å². The predicted molar refractivity (Wildman–Crippen MR) is 94.1 cm³/mol. The summed E-state index contributed by atoms with van der Waals surface area (Å²) < 4.78 is 51.2. The van der Waals surface area contributed by atoms with E-state index in [2.05, 4.69) is 5.32 Å². The molecule has 0 bridgehead atoms. The Morgan fingerprint density at radius 2 is 1.81 bits per heavy atom. The molecule has 1 aromatic rings. The fraction of sp³-hybridized carbons (Fsp3) is 0.500. The molecule has 0 spiro atoms. The highest BCUT2D eigenvalue weighted by Crippen LogP contribution is 2.38. The van der Waals surface area contributed by atoms with Crippen molar-refractivity contribution in [1.29, 1.82) is 0 Å². The van der Waals surface area contributed by atoms with Crippen molar-refractivity contribution >= 4 is 19.1 Å². The summed E-state index contributed by atoms with van der Waals surface area (Å²) in [4.78, 5) is 11.3. The van der Waals surface area contributed by atoms with Gasteiger partial charge in [-0.25, -0.2) is 13.2 Å². The molecule has 1 heterocycles. The Balaban J connectivity index is 2.35. The van der Waals surface area contributed by atoms with Crippen LogP contribution in [0, 0.1) is 5.82 Å². The number of nitrogens with one attached hydrogen (secondary N) is 1. The Hall–Kier alpha value is -1.80. The molecule has 2 rings (SSSR count). The maximum absolute atomic E-state index is 13.8. The predicted octanol–water partition coefficient (Wildman–Crippen LogP) is 3.91. The van der Waals surface area contributed by atoms with E-state index in [0.717, 1.165) is 12.1 Å². The van der Waals surface area contributed by atoms with Gasteiger partial charge >= 0.3 is 7.12 Å². The van der Waals surface area contributed by atoms with E-state index < -0.39 is 36.1 Å². The first-order valence-electron chi connectivity index (χ1n) is 8.31. The molecule has 1 saturated heterocycles. The van der Waals surface area contributed by atoms with E-state index in [1.54, 1.807) is 6.08 Å². The van der Waals surface area contributed by atoms with Gasteiger partial charge in [-0.2, -0.15) is 0 Å². The van der Waals surface area contributed by atoms with Gasteiger partial charge in [0.15, 0.2) is 0 Å². The summed E-state index contributed by atoms with van der Waals surface area (Å²) in [5.74, 6) is -1.23. The second-order valence-electron chi connectivity index (χ2n) is 7.30. The van der Waals surface area contributed by atoms with Crippen LogP contribution in [-0.2, 0) is 14.1 Å². The molecule has 0 unspecified atom stereocenters. The van der Waals surface area contributed by atoms with Crippen molar-refractivity contribution in [3.63, 3.8) is 0 Å². The Bertz CT molecular complexity index is 704. The number of alkyl halides is 2. The highest BCUT2D eigenvalue weighted by atomic mass is 19.3. The van der Waals surface area contributed by atoms with E-state index in [-0.39, 0.29) is 12.5 Å². The minimum absolute atomic E-state index is 0.129. The van der Waals surface area contributed by atoms with Crippen molar-refractivity contribution in [3.05, 3.63) is 40.6 Å². The molecule has 1 fully saturated rings. The van der Waals surface area contributed by atoms with Gasteiger partial charge in [-0.15, -0.1) is 0 Å². The molecule has 1 aliphatic heterocycles. The number of halogens is 3. The molecular weight excluding hydrogens is 346 g/mol. The third kappa shape index (κ3) is 4.48. The van der Waals surface area contributed by atoms with E-state index >= 15 is 0 Å². The molecule has 1 aliphatic rings. The molecule has 1 N–H and O–H groups in total. The minimum Gasteiger partial charge on any atom is -0.400 e. The van der Waals surface area contributed by atoms with Gasteiger partial charge in [0.1, 0.15) is 5.82 Å². The standard InChI is InChI=1S/C18H23BF3NO3/c1-11(24)23-10-13(19-25-17(2,3)18(4,5)26-19)8-12-6-7-14(16(21)22)15(20)9-12/h6-9,16H,10H2,1-5H3,(H,23,24). The summed E-state index contributed by atoms with van der Waals surface area (Å²) >= 11 is 0. The average molecular weight is 369 g/mol. The first-order valence-corrected chi connectivity index (χ1v) is 8.31. The second-order valence-corrected chi connectivity index (χ2v) is 7.30. The van der Waals surface area contributed by atoms with Crippen LogP contribution in [0.25, 0.3) is 6.08 Å². The maximum Gasteiger partial charge on any atom is 0.492 e. The maximum atomic E-state index is 13.8. The van der Waals surface area contributed by atoms with Gasteiger partial charge in [0, 0.05) is 13.5 Å². The Morgan fingerprint density at radius 1 is 1.23 bits per heavy atom. The lowest BCUT2D eigenvalue weighted by Crippen LogP contribution is -2.41. The number of hydrogen-bond donors (Lipinski definition) is 1. The quantitative estimate of drug-likeness (QED) is 0.801. The van der Waals surface area contributed by atoms with Crippen molar-refractivity contribution in [2.45, 2.75) is 52.2 Å². The highest BCUT2D eigenvalue weighted by molar-refractivity contribution is 6.56. The fourth-order valence-electron chi connectivity index (χ4n) is 2.45. The topological polar surface area (TPSA) is 47.6 Å². The molecule has 26 heavy (non-hydrogen) atoms. The van der Waals surface area contributed by atoms with Gasteiger partial charge in [0.05, 0.1) is 16.8 Å². The Kier molecular flexibility index (Phi) is 5.87. The van der Waals surface area contributed by atoms with Gasteiger partial charge < -0.3 is 14.6 Å². The summed E-state index contributed by atoms with van der Waals surface area (Å²) in [5, 5.41) is 2.66. The lowest BCUT2D eigenvalue weighted by Gasteiger charge is -2.32. The number of benzene rings is 1. The van der Waals surface area contributed by atoms with Gasteiger partial charge in [0.25, 0.3) is 6.43 Å². The lowest BCUT2D eigenvalue weighted by atomic mass is 9.77. The van der Waals surface area contributed by atoms with Crippen LogP contribution in [0.3, 0.4) is 0 Å². The van der Waals surface area contributed by atoms with Crippen molar-refractivity contribution in [3.8, 4) is 0 Å². The monoisotopic (exact) mass is 369 g/mol. The lowest BCUT2D eigenvalue weighted by molar-refractivity contribution is -0.118. The van der Waals surface area contributed by atoms with Crippen molar-refractivity contribution in [1.82, 2.24) is 5.32 Å². The van der Waals surface area contributed by atoms with Crippen molar-refractivity contribution in [2.24, 2.45) is 0 Å². The summed E-state index contributed by atoms with van der Waals surface area (Å²) in [6.45, 7) is 9.06. The Morgan fingerprint density at radius 3 is 2.27 bits per heavy atom. The fourth-order valence-corrected chi connectivity index (χ4v) is 2.45. The molecule has 1 aromatic carbocycles. The first kappa shape index (κ1) is 20.5. The second kappa shape index (κ2) is 7.44. The van der Waals surface area contributed by atoms with Gasteiger partial charge in [0.2, 0.25) is 5.91 Å². The van der Waals surface area contributed by atoms with Crippen LogP contribution in [0.1, 0.15) is 52.2 Å². The van der Waals surface area contributed by atoms with Crippen molar-refractivity contribution < 1.29 is 27.3 Å². The number of hydrogen-bond acceptors (Lipinski definition) is 3.